The van der Waals surface area contributed by atoms with Gasteiger partial charge in [-0.15, -0.1) is 0 Å². The van der Waals surface area contributed by atoms with Gasteiger partial charge in [-0.05, 0) is 6.07 Å². The number of rotatable bonds is 4. The Labute approximate surface area is 75.6 Å². The SMILES string of the molecule is OCCNCc1nccc(Cl)n1. The lowest BCUT2D eigenvalue weighted by Gasteiger charge is -2.00. The first-order valence-corrected chi connectivity index (χ1v) is 3.99. The van der Waals surface area contributed by atoms with E-state index in [1.54, 1.807) is 12.3 Å². The first kappa shape index (κ1) is 9.38. The maximum absolute atomic E-state index is 8.47. The molecule has 0 atom stereocenters. The van der Waals surface area contributed by atoms with Crippen LogP contribution in [0.2, 0.25) is 5.15 Å². The number of aromatic nitrogens is 2. The van der Waals surface area contributed by atoms with Crippen LogP contribution in [-0.2, 0) is 6.54 Å². The van der Waals surface area contributed by atoms with Gasteiger partial charge in [-0.1, -0.05) is 11.6 Å². The third-order valence-electron chi connectivity index (χ3n) is 1.24. The minimum atomic E-state index is 0.112. The maximum Gasteiger partial charge on any atom is 0.143 e. The molecule has 1 aromatic heterocycles. The molecule has 0 saturated carbocycles. The zero-order valence-electron chi connectivity index (χ0n) is 6.50. The van der Waals surface area contributed by atoms with Crippen LogP contribution in [0.5, 0.6) is 0 Å². The minimum absolute atomic E-state index is 0.112. The molecule has 2 N–H and O–H groups in total. The van der Waals surface area contributed by atoms with Gasteiger partial charge in [-0.2, -0.15) is 0 Å². The van der Waals surface area contributed by atoms with Crippen LogP contribution in [0, 0.1) is 0 Å². The fourth-order valence-electron chi connectivity index (χ4n) is 0.739. The van der Waals surface area contributed by atoms with E-state index in [2.05, 4.69) is 15.3 Å². The second-order valence-corrected chi connectivity index (χ2v) is 2.58. The number of nitrogens with one attached hydrogen (secondary N) is 1. The molecule has 0 aliphatic carbocycles. The summed E-state index contributed by atoms with van der Waals surface area (Å²) in [7, 11) is 0. The molecule has 12 heavy (non-hydrogen) atoms. The summed E-state index contributed by atoms with van der Waals surface area (Å²) < 4.78 is 0. The third kappa shape index (κ3) is 3.13. The lowest BCUT2D eigenvalue weighted by molar-refractivity contribution is 0.291. The molecule has 0 amide bonds. The van der Waals surface area contributed by atoms with Crippen molar-refractivity contribution >= 4 is 11.6 Å². The maximum atomic E-state index is 8.47. The Morgan fingerprint density at radius 3 is 3.08 bits per heavy atom. The number of hydrogen-bond acceptors (Lipinski definition) is 4. The fourth-order valence-corrected chi connectivity index (χ4v) is 0.893. The largest absolute Gasteiger partial charge is 0.395 e. The highest BCUT2D eigenvalue weighted by atomic mass is 35.5. The third-order valence-corrected chi connectivity index (χ3v) is 1.45. The highest BCUT2D eigenvalue weighted by Gasteiger charge is 1.95. The van der Waals surface area contributed by atoms with E-state index in [1.807, 2.05) is 0 Å². The van der Waals surface area contributed by atoms with Crippen LogP contribution >= 0.6 is 11.6 Å². The molecule has 1 rings (SSSR count). The molecule has 0 radical (unpaired) electrons. The molecule has 0 aliphatic heterocycles. The molecule has 0 fully saturated rings. The molecule has 0 unspecified atom stereocenters. The number of aliphatic hydroxyl groups is 1. The van der Waals surface area contributed by atoms with Crippen LogP contribution in [0.3, 0.4) is 0 Å². The highest BCUT2D eigenvalue weighted by molar-refractivity contribution is 6.29. The van der Waals surface area contributed by atoms with E-state index in [-0.39, 0.29) is 6.61 Å². The van der Waals surface area contributed by atoms with Gasteiger partial charge in [0.1, 0.15) is 11.0 Å². The Hall–Kier alpha value is -0.710. The average molecular weight is 188 g/mol. The number of hydrogen-bond donors (Lipinski definition) is 2. The van der Waals surface area contributed by atoms with Crippen LogP contribution in [0.25, 0.3) is 0 Å². The van der Waals surface area contributed by atoms with Crippen molar-refractivity contribution in [3.63, 3.8) is 0 Å². The van der Waals surface area contributed by atoms with Crippen molar-refractivity contribution in [1.29, 1.82) is 0 Å². The van der Waals surface area contributed by atoms with Crippen LogP contribution in [0.1, 0.15) is 5.82 Å². The van der Waals surface area contributed by atoms with Gasteiger partial charge in [0, 0.05) is 12.7 Å². The van der Waals surface area contributed by atoms with Crippen molar-refractivity contribution in [2.24, 2.45) is 0 Å². The van der Waals surface area contributed by atoms with E-state index < -0.39 is 0 Å². The Morgan fingerprint density at radius 1 is 1.58 bits per heavy atom. The van der Waals surface area contributed by atoms with Gasteiger partial charge in [0.2, 0.25) is 0 Å². The normalized spacial score (nSPS) is 10.2. The number of nitrogens with zero attached hydrogens (tertiary/aromatic N) is 2. The Balaban J connectivity index is 2.41. The molecule has 0 spiro atoms. The summed E-state index contributed by atoms with van der Waals surface area (Å²) >= 11 is 5.63. The van der Waals surface area contributed by atoms with Gasteiger partial charge in [-0.3, -0.25) is 0 Å². The number of aliphatic hydroxyl groups excluding tert-OH is 1. The van der Waals surface area contributed by atoms with Crippen LogP contribution < -0.4 is 5.32 Å². The van der Waals surface area contributed by atoms with E-state index in [1.165, 1.54) is 0 Å². The second kappa shape index (κ2) is 5.03. The zero-order valence-corrected chi connectivity index (χ0v) is 7.25. The van der Waals surface area contributed by atoms with E-state index in [4.69, 9.17) is 16.7 Å². The summed E-state index contributed by atoms with van der Waals surface area (Å²) in [6.45, 7) is 1.18. The Bertz CT molecular complexity index is 244. The van der Waals surface area contributed by atoms with Gasteiger partial charge < -0.3 is 10.4 Å². The van der Waals surface area contributed by atoms with Crippen molar-refractivity contribution in [2.75, 3.05) is 13.2 Å². The van der Waals surface area contributed by atoms with Crippen molar-refractivity contribution in [2.45, 2.75) is 6.54 Å². The second-order valence-electron chi connectivity index (χ2n) is 2.20. The molecular formula is C7H10ClN3O. The fraction of sp³-hybridized carbons (Fsp3) is 0.429. The molecule has 0 aliphatic rings. The summed E-state index contributed by atoms with van der Waals surface area (Å²) in [5, 5.41) is 11.9. The molecule has 1 aromatic rings. The average Bonchev–Trinajstić information content (AvgIpc) is 2.05. The van der Waals surface area contributed by atoms with Gasteiger partial charge in [0.25, 0.3) is 0 Å². The topological polar surface area (TPSA) is 58.0 Å². The molecular weight excluding hydrogens is 178 g/mol. The lowest BCUT2D eigenvalue weighted by atomic mass is 10.5. The monoisotopic (exact) mass is 187 g/mol. The van der Waals surface area contributed by atoms with E-state index in [0.29, 0.717) is 24.1 Å². The molecule has 0 bridgehead atoms. The van der Waals surface area contributed by atoms with Crippen molar-refractivity contribution in [1.82, 2.24) is 15.3 Å². The standard InChI is InChI=1S/C7H10ClN3O/c8-6-1-2-10-7(11-6)5-9-3-4-12/h1-2,9,12H,3-5H2. The van der Waals surface area contributed by atoms with E-state index >= 15 is 0 Å². The molecule has 5 heteroatoms. The van der Waals surface area contributed by atoms with Gasteiger partial charge >= 0.3 is 0 Å². The van der Waals surface area contributed by atoms with Crippen LogP contribution in [0.4, 0.5) is 0 Å². The summed E-state index contributed by atoms with van der Waals surface area (Å²) in [5.74, 6) is 0.635. The van der Waals surface area contributed by atoms with E-state index in [9.17, 15) is 0 Å². The molecule has 4 nitrogen and oxygen atoms in total. The Kier molecular flexibility index (Phi) is 3.93. The zero-order chi connectivity index (χ0) is 8.81. The Morgan fingerprint density at radius 2 is 2.42 bits per heavy atom. The predicted molar refractivity (Wildman–Crippen MR) is 45.8 cm³/mol. The van der Waals surface area contributed by atoms with Gasteiger partial charge in [0.05, 0.1) is 13.2 Å². The minimum Gasteiger partial charge on any atom is -0.395 e. The van der Waals surface area contributed by atoms with Crippen molar-refractivity contribution < 1.29 is 5.11 Å². The summed E-state index contributed by atoms with van der Waals surface area (Å²) in [5.41, 5.74) is 0. The molecule has 66 valence electrons. The van der Waals surface area contributed by atoms with Crippen LogP contribution in [-0.4, -0.2) is 28.2 Å². The summed E-state index contributed by atoms with van der Waals surface area (Å²) in [4.78, 5) is 7.93. The predicted octanol–water partition coefficient (Wildman–Crippen LogP) is 0.212. The number of halogens is 1. The summed E-state index contributed by atoms with van der Waals surface area (Å²) in [6, 6.07) is 1.62. The van der Waals surface area contributed by atoms with Crippen LogP contribution in [0.15, 0.2) is 12.3 Å². The van der Waals surface area contributed by atoms with Crippen molar-refractivity contribution in [3.8, 4) is 0 Å². The quantitative estimate of drug-likeness (QED) is 0.523. The molecule has 1 heterocycles. The first-order valence-electron chi connectivity index (χ1n) is 3.62. The van der Waals surface area contributed by atoms with E-state index in [0.717, 1.165) is 0 Å². The van der Waals surface area contributed by atoms with Gasteiger partial charge in [-0.25, -0.2) is 9.97 Å². The molecule has 0 aromatic carbocycles. The highest BCUT2D eigenvalue weighted by Crippen LogP contribution is 2.01. The van der Waals surface area contributed by atoms with Crippen molar-refractivity contribution in [3.05, 3.63) is 23.2 Å². The van der Waals surface area contributed by atoms with Gasteiger partial charge in [0.15, 0.2) is 0 Å². The lowest BCUT2D eigenvalue weighted by Crippen LogP contribution is -2.18. The summed E-state index contributed by atoms with van der Waals surface area (Å²) in [6.07, 6.45) is 1.60. The molecule has 0 saturated heterocycles. The smallest absolute Gasteiger partial charge is 0.143 e. The first-order chi connectivity index (χ1) is 5.83.